The Morgan fingerprint density at radius 1 is 1.35 bits per heavy atom. The zero-order chi connectivity index (χ0) is 14.8. The maximum absolute atomic E-state index is 10.8. The number of halogens is 1. The van der Waals surface area contributed by atoms with Gasteiger partial charge in [-0.3, -0.25) is 10.1 Å². The zero-order valence-corrected chi connectivity index (χ0v) is 13.0. The van der Waals surface area contributed by atoms with E-state index in [-0.39, 0.29) is 5.69 Å². The van der Waals surface area contributed by atoms with Crippen LogP contribution in [0, 0.1) is 10.1 Å². The Hall–Kier alpha value is -1.02. The van der Waals surface area contributed by atoms with E-state index in [1.807, 2.05) is 6.07 Å². The van der Waals surface area contributed by atoms with E-state index < -0.39 is 4.92 Å². The van der Waals surface area contributed by atoms with Crippen molar-refractivity contribution in [1.29, 1.82) is 0 Å². The molecule has 0 aromatic heterocycles. The lowest BCUT2D eigenvalue weighted by Gasteiger charge is -2.07. The second kappa shape index (κ2) is 9.82. The van der Waals surface area contributed by atoms with Gasteiger partial charge in [0.1, 0.15) is 0 Å². The number of nitrogens with zero attached hydrogens (tertiary/aromatic N) is 1. The summed E-state index contributed by atoms with van der Waals surface area (Å²) in [7, 11) is 1.64. The minimum Gasteiger partial charge on any atom is -0.382 e. The molecule has 6 nitrogen and oxygen atoms in total. The molecule has 0 amide bonds. The van der Waals surface area contributed by atoms with Gasteiger partial charge in [-0.15, -0.1) is 0 Å². The average molecular weight is 347 g/mol. The average Bonchev–Trinajstić information content (AvgIpc) is 2.43. The second-order valence-corrected chi connectivity index (χ2v) is 4.94. The summed E-state index contributed by atoms with van der Waals surface area (Å²) in [5.41, 5.74) is 0.965. The first-order chi connectivity index (χ1) is 9.66. The van der Waals surface area contributed by atoms with Gasteiger partial charge in [0.25, 0.3) is 5.69 Å². The molecule has 0 aliphatic carbocycles. The van der Waals surface area contributed by atoms with Crippen LogP contribution < -0.4 is 5.32 Å². The van der Waals surface area contributed by atoms with Crippen LogP contribution in [0.2, 0.25) is 0 Å². The highest BCUT2D eigenvalue weighted by atomic mass is 79.9. The number of ether oxygens (including phenoxy) is 2. The van der Waals surface area contributed by atoms with E-state index in [1.54, 1.807) is 13.2 Å². The fraction of sp³-hybridized carbons (Fsp3) is 0.538. The number of benzene rings is 1. The molecule has 0 aliphatic rings. The molecule has 0 unspecified atom stereocenters. The maximum Gasteiger partial charge on any atom is 0.283 e. The van der Waals surface area contributed by atoms with Crippen molar-refractivity contribution < 1.29 is 14.4 Å². The van der Waals surface area contributed by atoms with Gasteiger partial charge in [-0.25, -0.2) is 0 Å². The molecule has 0 bridgehead atoms. The first-order valence-electron chi connectivity index (χ1n) is 6.36. The third-order valence-corrected chi connectivity index (χ3v) is 3.56. The van der Waals surface area contributed by atoms with Crippen molar-refractivity contribution in [2.24, 2.45) is 0 Å². The van der Waals surface area contributed by atoms with Crippen LogP contribution in [0.15, 0.2) is 22.7 Å². The quantitative estimate of drug-likeness (QED) is 0.400. The van der Waals surface area contributed by atoms with Crippen LogP contribution in [0.1, 0.15) is 12.0 Å². The van der Waals surface area contributed by atoms with Crippen LogP contribution in [-0.2, 0) is 16.0 Å². The van der Waals surface area contributed by atoms with Gasteiger partial charge in [-0.1, -0.05) is 12.1 Å². The molecule has 0 aliphatic heterocycles. The molecule has 0 heterocycles. The third-order valence-electron chi connectivity index (χ3n) is 2.64. The molecule has 0 fully saturated rings. The Kier molecular flexibility index (Phi) is 8.36. The van der Waals surface area contributed by atoms with Gasteiger partial charge in [-0.2, -0.15) is 0 Å². The Balaban J connectivity index is 2.25. The van der Waals surface area contributed by atoms with Gasteiger partial charge in [0.15, 0.2) is 0 Å². The highest BCUT2D eigenvalue weighted by Gasteiger charge is 2.14. The molecule has 1 aromatic carbocycles. The Morgan fingerprint density at radius 2 is 2.15 bits per heavy atom. The highest BCUT2D eigenvalue weighted by molar-refractivity contribution is 9.10. The SMILES string of the molecule is COCCOCCCNCc1cccc([N+](=O)[O-])c1Br. The number of rotatable bonds is 10. The van der Waals surface area contributed by atoms with Gasteiger partial charge >= 0.3 is 0 Å². The molecule has 0 atom stereocenters. The number of nitro benzene ring substituents is 1. The molecule has 0 saturated heterocycles. The lowest BCUT2D eigenvalue weighted by Crippen LogP contribution is -2.17. The van der Waals surface area contributed by atoms with Gasteiger partial charge in [0.2, 0.25) is 0 Å². The lowest BCUT2D eigenvalue weighted by atomic mass is 10.2. The summed E-state index contributed by atoms with van der Waals surface area (Å²) in [6.45, 7) is 3.26. The standard InChI is InChI=1S/C13H19BrN2O4/c1-19-8-9-20-7-3-6-15-10-11-4-2-5-12(13(11)14)16(17)18/h2,4-5,15H,3,6-10H2,1H3. The van der Waals surface area contributed by atoms with Crippen molar-refractivity contribution in [3.05, 3.63) is 38.3 Å². The van der Waals surface area contributed by atoms with Crippen molar-refractivity contribution in [1.82, 2.24) is 5.32 Å². The van der Waals surface area contributed by atoms with Crippen LogP contribution >= 0.6 is 15.9 Å². The fourth-order valence-corrected chi connectivity index (χ4v) is 2.16. The first kappa shape index (κ1) is 17.0. The molecular weight excluding hydrogens is 328 g/mol. The molecule has 1 N–H and O–H groups in total. The van der Waals surface area contributed by atoms with Gasteiger partial charge in [0, 0.05) is 26.3 Å². The van der Waals surface area contributed by atoms with E-state index in [1.165, 1.54) is 6.07 Å². The summed E-state index contributed by atoms with van der Waals surface area (Å²) >= 11 is 3.27. The van der Waals surface area contributed by atoms with Crippen molar-refractivity contribution >= 4 is 21.6 Å². The fourth-order valence-electron chi connectivity index (χ4n) is 1.61. The topological polar surface area (TPSA) is 73.6 Å². The predicted octanol–water partition coefficient (Wildman–Crippen LogP) is 2.50. The molecule has 20 heavy (non-hydrogen) atoms. The van der Waals surface area contributed by atoms with Gasteiger partial charge in [0.05, 0.1) is 22.6 Å². The molecule has 1 aromatic rings. The van der Waals surface area contributed by atoms with Crippen molar-refractivity contribution in [3.8, 4) is 0 Å². The van der Waals surface area contributed by atoms with E-state index in [9.17, 15) is 10.1 Å². The molecule has 0 radical (unpaired) electrons. The van der Waals surface area contributed by atoms with E-state index >= 15 is 0 Å². The van der Waals surface area contributed by atoms with E-state index in [0.717, 1.165) is 18.5 Å². The second-order valence-electron chi connectivity index (χ2n) is 4.14. The van der Waals surface area contributed by atoms with E-state index in [0.29, 0.717) is 30.8 Å². The maximum atomic E-state index is 10.8. The molecule has 112 valence electrons. The monoisotopic (exact) mass is 346 g/mol. The number of nitro groups is 1. The smallest absolute Gasteiger partial charge is 0.283 e. The summed E-state index contributed by atoms with van der Waals surface area (Å²) in [6.07, 6.45) is 0.885. The summed E-state index contributed by atoms with van der Waals surface area (Å²) in [5.74, 6) is 0. The van der Waals surface area contributed by atoms with Crippen LogP contribution in [0.5, 0.6) is 0 Å². The number of hydrogen-bond acceptors (Lipinski definition) is 5. The van der Waals surface area contributed by atoms with Crippen LogP contribution in [0.25, 0.3) is 0 Å². The Bertz CT molecular complexity index is 429. The van der Waals surface area contributed by atoms with Crippen LogP contribution in [0.3, 0.4) is 0 Å². The first-order valence-corrected chi connectivity index (χ1v) is 7.15. The molecule has 0 saturated carbocycles. The highest BCUT2D eigenvalue weighted by Crippen LogP contribution is 2.27. The Morgan fingerprint density at radius 3 is 2.85 bits per heavy atom. The lowest BCUT2D eigenvalue weighted by molar-refractivity contribution is -0.385. The van der Waals surface area contributed by atoms with Crippen molar-refractivity contribution in [2.45, 2.75) is 13.0 Å². The molecule has 7 heteroatoms. The largest absolute Gasteiger partial charge is 0.382 e. The Labute approximate surface area is 126 Å². The van der Waals surface area contributed by atoms with Gasteiger partial charge < -0.3 is 14.8 Å². The summed E-state index contributed by atoms with van der Waals surface area (Å²) in [6, 6.07) is 5.03. The molecular formula is C13H19BrN2O4. The molecule has 0 spiro atoms. The summed E-state index contributed by atoms with van der Waals surface area (Å²) in [4.78, 5) is 10.4. The van der Waals surface area contributed by atoms with E-state index in [2.05, 4.69) is 21.2 Å². The number of methoxy groups -OCH3 is 1. The number of hydrogen-bond donors (Lipinski definition) is 1. The molecule has 1 rings (SSSR count). The minimum atomic E-state index is -0.392. The van der Waals surface area contributed by atoms with Crippen molar-refractivity contribution in [3.63, 3.8) is 0 Å². The predicted molar refractivity (Wildman–Crippen MR) is 79.8 cm³/mol. The zero-order valence-electron chi connectivity index (χ0n) is 11.4. The third kappa shape index (κ3) is 5.96. The van der Waals surface area contributed by atoms with Crippen molar-refractivity contribution in [2.75, 3.05) is 33.5 Å². The van der Waals surface area contributed by atoms with Crippen LogP contribution in [-0.4, -0.2) is 38.4 Å². The minimum absolute atomic E-state index is 0.0900. The summed E-state index contributed by atoms with van der Waals surface area (Å²) in [5, 5.41) is 14.0. The van der Waals surface area contributed by atoms with E-state index in [4.69, 9.17) is 9.47 Å². The summed E-state index contributed by atoms with van der Waals surface area (Å²) < 4.78 is 10.7. The van der Waals surface area contributed by atoms with Gasteiger partial charge in [-0.05, 0) is 34.5 Å². The van der Waals surface area contributed by atoms with Crippen LogP contribution in [0.4, 0.5) is 5.69 Å². The normalized spacial score (nSPS) is 10.7. The number of nitrogens with one attached hydrogen (secondary N) is 1.